The van der Waals surface area contributed by atoms with Crippen molar-refractivity contribution in [3.63, 3.8) is 0 Å². The summed E-state index contributed by atoms with van der Waals surface area (Å²) in [5.74, 6) is 0.814. The van der Waals surface area contributed by atoms with Crippen molar-refractivity contribution < 1.29 is 5.11 Å². The van der Waals surface area contributed by atoms with Crippen molar-refractivity contribution in [2.24, 2.45) is 0 Å². The first kappa shape index (κ1) is 14.2. The van der Waals surface area contributed by atoms with E-state index in [4.69, 9.17) is 0 Å². The lowest BCUT2D eigenvalue weighted by molar-refractivity contribution is 0.157. The number of rotatable bonds is 6. The van der Waals surface area contributed by atoms with Crippen LogP contribution in [0.25, 0.3) is 0 Å². The number of fused-ring (bicyclic) bond motifs is 1. The van der Waals surface area contributed by atoms with Gasteiger partial charge in [-0.2, -0.15) is 0 Å². The van der Waals surface area contributed by atoms with Crippen molar-refractivity contribution in [2.75, 3.05) is 6.61 Å². The second-order valence-electron chi connectivity index (χ2n) is 5.57. The van der Waals surface area contributed by atoms with Gasteiger partial charge in [0, 0.05) is 6.54 Å². The van der Waals surface area contributed by atoms with Gasteiger partial charge in [-0.1, -0.05) is 31.2 Å². The monoisotopic (exact) mass is 287 g/mol. The van der Waals surface area contributed by atoms with Crippen molar-refractivity contribution >= 4 is 0 Å². The lowest BCUT2D eigenvalue weighted by Gasteiger charge is -2.29. The maximum absolute atomic E-state index is 9.94. The molecule has 1 aromatic carbocycles. The normalized spacial score (nSPS) is 20.7. The molecule has 0 bridgehead atoms. The fraction of sp³-hybridized carbons (Fsp3) is 0.533. The lowest BCUT2D eigenvalue weighted by Crippen LogP contribution is -2.43. The Morgan fingerprint density at radius 1 is 1.38 bits per heavy atom. The van der Waals surface area contributed by atoms with E-state index >= 15 is 0 Å². The molecule has 1 aliphatic carbocycles. The molecular formula is C15H21N5O. The zero-order chi connectivity index (χ0) is 14.7. The van der Waals surface area contributed by atoms with Crippen LogP contribution in [-0.4, -0.2) is 31.9 Å². The first-order valence-corrected chi connectivity index (χ1v) is 7.48. The van der Waals surface area contributed by atoms with Gasteiger partial charge >= 0.3 is 0 Å². The van der Waals surface area contributed by atoms with Crippen LogP contribution >= 0.6 is 0 Å². The van der Waals surface area contributed by atoms with Crippen LogP contribution in [0.15, 0.2) is 24.3 Å². The van der Waals surface area contributed by atoms with Crippen molar-refractivity contribution in [1.29, 1.82) is 0 Å². The van der Waals surface area contributed by atoms with Gasteiger partial charge in [-0.15, -0.1) is 5.10 Å². The summed E-state index contributed by atoms with van der Waals surface area (Å²) in [6.07, 6.45) is 2.88. The number of aromatic nitrogens is 4. The summed E-state index contributed by atoms with van der Waals surface area (Å²) in [5.41, 5.74) is 2.13. The van der Waals surface area contributed by atoms with Crippen molar-refractivity contribution in [2.45, 2.75) is 44.8 Å². The Hall–Kier alpha value is -1.79. The van der Waals surface area contributed by atoms with Crippen LogP contribution in [-0.2, 0) is 25.0 Å². The molecule has 1 unspecified atom stereocenters. The topological polar surface area (TPSA) is 75.9 Å². The van der Waals surface area contributed by atoms with Gasteiger partial charge in [0.15, 0.2) is 5.82 Å². The molecule has 1 aliphatic rings. The highest BCUT2D eigenvalue weighted by Crippen LogP contribution is 2.36. The van der Waals surface area contributed by atoms with Gasteiger partial charge in [0.05, 0.1) is 18.7 Å². The van der Waals surface area contributed by atoms with E-state index in [2.05, 4.69) is 39.9 Å². The molecule has 0 fully saturated rings. The minimum absolute atomic E-state index is 0.0827. The molecule has 0 spiro atoms. The molecule has 0 radical (unpaired) electrons. The minimum Gasteiger partial charge on any atom is -0.394 e. The second kappa shape index (κ2) is 5.91. The summed E-state index contributed by atoms with van der Waals surface area (Å²) in [5, 5.41) is 25.2. The van der Waals surface area contributed by atoms with E-state index in [1.54, 1.807) is 0 Å². The number of hydrogen-bond acceptors (Lipinski definition) is 5. The Labute approximate surface area is 124 Å². The third kappa shape index (κ3) is 2.56. The van der Waals surface area contributed by atoms with Crippen LogP contribution in [0.5, 0.6) is 0 Å². The number of aliphatic hydroxyl groups is 1. The van der Waals surface area contributed by atoms with Crippen LogP contribution in [0.2, 0.25) is 0 Å². The molecule has 0 saturated heterocycles. The summed E-state index contributed by atoms with van der Waals surface area (Å²) in [4.78, 5) is 0. The smallest absolute Gasteiger partial charge is 0.165 e. The molecule has 6 nitrogen and oxygen atoms in total. The summed E-state index contributed by atoms with van der Waals surface area (Å²) < 4.78 is 1.82. The van der Waals surface area contributed by atoms with Gasteiger partial charge in [0.25, 0.3) is 0 Å². The quantitative estimate of drug-likeness (QED) is 0.829. The summed E-state index contributed by atoms with van der Waals surface area (Å²) in [7, 11) is 0. The Morgan fingerprint density at radius 2 is 2.24 bits per heavy atom. The first-order chi connectivity index (χ1) is 10.3. The van der Waals surface area contributed by atoms with Crippen LogP contribution < -0.4 is 5.32 Å². The molecule has 6 heteroatoms. The maximum atomic E-state index is 9.94. The average molecular weight is 287 g/mol. The van der Waals surface area contributed by atoms with Gasteiger partial charge in [-0.3, -0.25) is 5.32 Å². The Kier molecular flexibility index (Phi) is 3.98. The zero-order valence-electron chi connectivity index (χ0n) is 12.3. The molecule has 3 rings (SSSR count). The molecule has 1 aromatic heterocycles. The first-order valence-electron chi connectivity index (χ1n) is 7.48. The number of aryl methyl sites for hydroxylation is 2. The summed E-state index contributed by atoms with van der Waals surface area (Å²) >= 11 is 0. The van der Waals surface area contributed by atoms with E-state index in [1.165, 1.54) is 11.1 Å². The van der Waals surface area contributed by atoms with Crippen LogP contribution in [0.3, 0.4) is 0 Å². The SMILES string of the molecule is CCCn1nnnc1CNC1(CO)CCc2ccccc21. The zero-order valence-corrected chi connectivity index (χ0v) is 12.3. The van der Waals surface area contributed by atoms with E-state index in [9.17, 15) is 5.11 Å². The minimum atomic E-state index is -0.375. The maximum Gasteiger partial charge on any atom is 0.165 e. The average Bonchev–Trinajstić information content (AvgIpc) is 3.11. The lowest BCUT2D eigenvalue weighted by atomic mass is 9.92. The summed E-state index contributed by atoms with van der Waals surface area (Å²) in [6.45, 7) is 3.55. The fourth-order valence-electron chi connectivity index (χ4n) is 3.08. The Balaban J connectivity index is 1.78. The van der Waals surface area contributed by atoms with E-state index in [1.807, 2.05) is 16.8 Å². The van der Waals surface area contributed by atoms with Gasteiger partial charge in [-0.05, 0) is 40.8 Å². The molecule has 1 heterocycles. The number of nitrogens with one attached hydrogen (secondary N) is 1. The van der Waals surface area contributed by atoms with Crippen molar-refractivity contribution in [1.82, 2.24) is 25.5 Å². The van der Waals surface area contributed by atoms with E-state index in [-0.39, 0.29) is 12.1 Å². The molecule has 0 saturated carbocycles. The molecule has 0 amide bonds. The van der Waals surface area contributed by atoms with E-state index in [0.29, 0.717) is 6.54 Å². The molecule has 0 aliphatic heterocycles. The second-order valence-corrected chi connectivity index (χ2v) is 5.57. The molecule has 21 heavy (non-hydrogen) atoms. The third-order valence-corrected chi connectivity index (χ3v) is 4.25. The number of tetrazole rings is 1. The Bertz CT molecular complexity index is 612. The molecule has 2 N–H and O–H groups in total. The highest BCUT2D eigenvalue weighted by atomic mass is 16.3. The third-order valence-electron chi connectivity index (χ3n) is 4.25. The fourth-order valence-corrected chi connectivity index (χ4v) is 3.08. The van der Waals surface area contributed by atoms with Crippen LogP contribution in [0.4, 0.5) is 0 Å². The predicted octanol–water partition coefficient (Wildman–Crippen LogP) is 1.01. The van der Waals surface area contributed by atoms with E-state index in [0.717, 1.165) is 31.6 Å². The van der Waals surface area contributed by atoms with Crippen LogP contribution in [0.1, 0.15) is 36.7 Å². The van der Waals surface area contributed by atoms with Gasteiger partial charge in [0.2, 0.25) is 0 Å². The van der Waals surface area contributed by atoms with Crippen molar-refractivity contribution in [3.05, 3.63) is 41.2 Å². The largest absolute Gasteiger partial charge is 0.394 e. The Morgan fingerprint density at radius 3 is 3.05 bits per heavy atom. The number of nitrogens with zero attached hydrogens (tertiary/aromatic N) is 4. The van der Waals surface area contributed by atoms with Crippen molar-refractivity contribution in [3.8, 4) is 0 Å². The van der Waals surface area contributed by atoms with Gasteiger partial charge in [-0.25, -0.2) is 4.68 Å². The van der Waals surface area contributed by atoms with Gasteiger partial charge in [0.1, 0.15) is 0 Å². The molecule has 2 aromatic rings. The number of hydrogen-bond donors (Lipinski definition) is 2. The highest BCUT2D eigenvalue weighted by molar-refractivity contribution is 5.38. The summed E-state index contributed by atoms with van der Waals surface area (Å²) in [6, 6.07) is 8.31. The van der Waals surface area contributed by atoms with E-state index < -0.39 is 0 Å². The standard InChI is InChI=1S/C15H21N5O/c1-2-9-20-14(17-18-19-20)10-16-15(11-21)8-7-12-5-3-4-6-13(12)15/h3-6,16,21H,2,7-11H2,1H3. The molecule has 112 valence electrons. The van der Waals surface area contributed by atoms with Gasteiger partial charge < -0.3 is 5.11 Å². The number of aliphatic hydroxyl groups excluding tert-OH is 1. The number of benzene rings is 1. The highest BCUT2D eigenvalue weighted by Gasteiger charge is 2.37. The molecular weight excluding hydrogens is 266 g/mol. The van der Waals surface area contributed by atoms with Crippen LogP contribution in [0, 0.1) is 0 Å². The predicted molar refractivity (Wildman–Crippen MR) is 78.5 cm³/mol. The molecule has 1 atom stereocenters.